The maximum Gasteiger partial charge on any atom is 0.321 e. The van der Waals surface area contributed by atoms with Gasteiger partial charge in [0.2, 0.25) is 0 Å². The lowest BCUT2D eigenvalue weighted by Gasteiger charge is -2.23. The predicted octanol–water partition coefficient (Wildman–Crippen LogP) is 3.74. The molecule has 0 radical (unpaired) electrons. The number of nitrogens with one attached hydrogen (secondary N) is 3. The van der Waals surface area contributed by atoms with E-state index in [1.165, 1.54) is 0 Å². The zero-order chi connectivity index (χ0) is 18.5. The Bertz CT molecular complexity index is 776. The van der Waals surface area contributed by atoms with Crippen molar-refractivity contribution in [2.45, 2.75) is 19.9 Å². The van der Waals surface area contributed by atoms with Gasteiger partial charge in [0.25, 0.3) is 0 Å². The molecule has 26 heavy (non-hydrogen) atoms. The van der Waals surface area contributed by atoms with Crippen LogP contribution in [-0.4, -0.2) is 25.2 Å². The van der Waals surface area contributed by atoms with Crippen molar-refractivity contribution in [3.63, 3.8) is 0 Å². The Labute approximate surface area is 153 Å². The third-order valence-electron chi connectivity index (χ3n) is 4.38. The van der Waals surface area contributed by atoms with Gasteiger partial charge in [-0.1, -0.05) is 50.2 Å². The van der Waals surface area contributed by atoms with Crippen LogP contribution < -0.4 is 20.9 Å². The summed E-state index contributed by atoms with van der Waals surface area (Å²) in [7, 11) is 0. The van der Waals surface area contributed by atoms with E-state index in [0.29, 0.717) is 18.8 Å². The lowest BCUT2D eigenvalue weighted by atomic mass is 9.96. The molecule has 6 nitrogen and oxygen atoms in total. The van der Waals surface area contributed by atoms with E-state index in [2.05, 4.69) is 29.8 Å². The summed E-state index contributed by atoms with van der Waals surface area (Å²) in [6.07, 6.45) is 0. The highest BCUT2D eigenvalue weighted by atomic mass is 16.2. The highest BCUT2D eigenvalue weighted by molar-refractivity contribution is 5.95. The quantitative estimate of drug-likeness (QED) is 0.767. The number of nitrogens with zero attached hydrogens (tertiary/aromatic N) is 1. The first kappa shape index (κ1) is 17.8. The fourth-order valence-corrected chi connectivity index (χ4v) is 3.07. The van der Waals surface area contributed by atoms with Gasteiger partial charge in [0.1, 0.15) is 0 Å². The number of hydrogen-bond donors (Lipinski definition) is 3. The SMILES string of the molecule is CC(C)[C@@H](NC(=O)Nc1cccc(N2CCNC2=O)c1)c1ccccc1. The van der Waals surface area contributed by atoms with E-state index >= 15 is 0 Å². The highest BCUT2D eigenvalue weighted by Gasteiger charge is 2.22. The van der Waals surface area contributed by atoms with Gasteiger partial charge in [0, 0.05) is 24.5 Å². The van der Waals surface area contributed by atoms with Crippen LogP contribution in [0.25, 0.3) is 0 Å². The standard InChI is InChI=1S/C20H24N4O2/c1-14(2)18(15-7-4-3-5-8-15)23-19(25)22-16-9-6-10-17(13-16)24-12-11-21-20(24)26/h3-10,13-14,18H,11-12H2,1-2H3,(H,21,26)(H2,22,23,25)/t18-/m1/s1. The number of amides is 4. The fourth-order valence-electron chi connectivity index (χ4n) is 3.07. The molecular weight excluding hydrogens is 328 g/mol. The van der Waals surface area contributed by atoms with Crippen LogP contribution in [0.5, 0.6) is 0 Å². The molecule has 136 valence electrons. The van der Waals surface area contributed by atoms with Crippen LogP contribution in [0.2, 0.25) is 0 Å². The molecule has 3 rings (SSSR count). The van der Waals surface area contributed by atoms with Crippen molar-refractivity contribution >= 4 is 23.4 Å². The second kappa shape index (κ2) is 7.91. The summed E-state index contributed by atoms with van der Waals surface area (Å²) in [6.45, 7) is 5.40. The Morgan fingerprint density at radius 1 is 1.12 bits per heavy atom. The van der Waals surface area contributed by atoms with Crippen LogP contribution in [0.4, 0.5) is 21.0 Å². The lowest BCUT2D eigenvalue weighted by Crippen LogP contribution is -2.35. The third kappa shape index (κ3) is 4.14. The van der Waals surface area contributed by atoms with E-state index in [1.807, 2.05) is 48.5 Å². The summed E-state index contributed by atoms with van der Waals surface area (Å²) >= 11 is 0. The van der Waals surface area contributed by atoms with Crippen LogP contribution in [0, 0.1) is 5.92 Å². The van der Waals surface area contributed by atoms with Crippen molar-refractivity contribution < 1.29 is 9.59 Å². The van der Waals surface area contributed by atoms with Crippen molar-refractivity contribution in [1.82, 2.24) is 10.6 Å². The molecule has 1 fully saturated rings. The van der Waals surface area contributed by atoms with Gasteiger partial charge in [-0.2, -0.15) is 0 Å². The molecule has 0 saturated carbocycles. The number of hydrogen-bond acceptors (Lipinski definition) is 2. The molecule has 1 heterocycles. The van der Waals surface area contributed by atoms with E-state index in [9.17, 15) is 9.59 Å². The van der Waals surface area contributed by atoms with Crippen LogP contribution in [0.3, 0.4) is 0 Å². The second-order valence-electron chi connectivity index (χ2n) is 6.66. The van der Waals surface area contributed by atoms with Gasteiger partial charge < -0.3 is 16.0 Å². The van der Waals surface area contributed by atoms with Crippen LogP contribution in [0.1, 0.15) is 25.5 Å². The van der Waals surface area contributed by atoms with Gasteiger partial charge in [-0.05, 0) is 29.7 Å². The Morgan fingerprint density at radius 2 is 1.88 bits per heavy atom. The molecule has 0 aliphatic carbocycles. The Balaban J connectivity index is 1.68. The molecule has 1 aliphatic heterocycles. The molecule has 6 heteroatoms. The number of urea groups is 2. The molecule has 0 bridgehead atoms. The van der Waals surface area contributed by atoms with Gasteiger partial charge in [0.05, 0.1) is 6.04 Å². The van der Waals surface area contributed by atoms with Crippen LogP contribution in [-0.2, 0) is 0 Å². The lowest BCUT2D eigenvalue weighted by molar-refractivity contribution is 0.244. The summed E-state index contributed by atoms with van der Waals surface area (Å²) in [6, 6.07) is 16.7. The third-order valence-corrected chi connectivity index (χ3v) is 4.38. The average molecular weight is 352 g/mol. The number of anilines is 2. The molecule has 4 amide bonds. The zero-order valence-electron chi connectivity index (χ0n) is 15.0. The van der Waals surface area contributed by atoms with E-state index in [-0.39, 0.29) is 24.0 Å². The molecule has 0 spiro atoms. The zero-order valence-corrected chi connectivity index (χ0v) is 15.0. The molecule has 0 aromatic heterocycles. The molecule has 3 N–H and O–H groups in total. The van der Waals surface area contributed by atoms with Crippen molar-refractivity contribution in [3.05, 3.63) is 60.2 Å². The summed E-state index contributed by atoms with van der Waals surface area (Å²) in [5.74, 6) is 0.253. The molecule has 0 unspecified atom stereocenters. The largest absolute Gasteiger partial charge is 0.336 e. The normalized spacial score (nSPS) is 14.9. The molecule has 2 aromatic carbocycles. The van der Waals surface area contributed by atoms with Gasteiger partial charge in [0.15, 0.2) is 0 Å². The Hall–Kier alpha value is -3.02. The minimum absolute atomic E-state index is 0.0799. The number of carbonyl (C=O) groups excluding carboxylic acids is 2. The average Bonchev–Trinajstić information content (AvgIpc) is 3.06. The topological polar surface area (TPSA) is 73.5 Å². The fraction of sp³-hybridized carbons (Fsp3) is 0.300. The van der Waals surface area contributed by atoms with Crippen LogP contribution >= 0.6 is 0 Å². The number of rotatable bonds is 5. The molecule has 1 saturated heterocycles. The van der Waals surface area contributed by atoms with E-state index in [1.54, 1.807) is 11.0 Å². The first-order chi connectivity index (χ1) is 12.5. The number of carbonyl (C=O) groups is 2. The first-order valence-electron chi connectivity index (χ1n) is 8.82. The predicted molar refractivity (Wildman–Crippen MR) is 103 cm³/mol. The van der Waals surface area contributed by atoms with Crippen molar-refractivity contribution in [2.24, 2.45) is 5.92 Å². The Kier molecular flexibility index (Phi) is 5.41. The summed E-state index contributed by atoms with van der Waals surface area (Å²) < 4.78 is 0. The molecular formula is C20H24N4O2. The molecule has 1 aliphatic rings. The summed E-state index contributed by atoms with van der Waals surface area (Å²) in [5, 5.41) is 8.68. The van der Waals surface area contributed by atoms with E-state index in [0.717, 1.165) is 11.3 Å². The maximum absolute atomic E-state index is 12.5. The van der Waals surface area contributed by atoms with Gasteiger partial charge in [-0.15, -0.1) is 0 Å². The monoisotopic (exact) mass is 352 g/mol. The second-order valence-corrected chi connectivity index (χ2v) is 6.66. The van der Waals surface area contributed by atoms with E-state index < -0.39 is 0 Å². The van der Waals surface area contributed by atoms with Crippen molar-refractivity contribution in [1.29, 1.82) is 0 Å². The minimum atomic E-state index is -0.268. The van der Waals surface area contributed by atoms with Gasteiger partial charge >= 0.3 is 12.1 Å². The first-order valence-corrected chi connectivity index (χ1v) is 8.82. The van der Waals surface area contributed by atoms with Gasteiger partial charge in [-0.25, -0.2) is 9.59 Å². The van der Waals surface area contributed by atoms with Crippen molar-refractivity contribution in [3.8, 4) is 0 Å². The molecule has 2 aromatic rings. The number of benzene rings is 2. The Morgan fingerprint density at radius 3 is 2.54 bits per heavy atom. The van der Waals surface area contributed by atoms with Crippen LogP contribution in [0.15, 0.2) is 54.6 Å². The van der Waals surface area contributed by atoms with Crippen molar-refractivity contribution in [2.75, 3.05) is 23.3 Å². The maximum atomic E-state index is 12.5. The van der Waals surface area contributed by atoms with E-state index in [4.69, 9.17) is 0 Å². The minimum Gasteiger partial charge on any atom is -0.336 e. The van der Waals surface area contributed by atoms with Gasteiger partial charge in [-0.3, -0.25) is 4.90 Å². The highest BCUT2D eigenvalue weighted by Crippen LogP contribution is 2.23. The molecule has 1 atom stereocenters. The summed E-state index contributed by atoms with van der Waals surface area (Å²) in [5.41, 5.74) is 2.48. The summed E-state index contributed by atoms with van der Waals surface area (Å²) in [4.78, 5) is 25.9. The smallest absolute Gasteiger partial charge is 0.321 e.